The number of anilines is 2. The predicted molar refractivity (Wildman–Crippen MR) is 98.1 cm³/mol. The summed E-state index contributed by atoms with van der Waals surface area (Å²) in [5.41, 5.74) is 1.06. The van der Waals surface area contributed by atoms with Crippen LogP contribution in [-0.4, -0.2) is 14.5 Å². The zero-order chi connectivity index (χ0) is 18.0. The maximum absolute atomic E-state index is 13.3. The summed E-state index contributed by atoms with van der Waals surface area (Å²) in [5, 5.41) is 3.80. The van der Waals surface area contributed by atoms with Crippen molar-refractivity contribution in [2.45, 2.75) is 32.7 Å². The van der Waals surface area contributed by atoms with Crippen molar-refractivity contribution in [3.63, 3.8) is 0 Å². The zero-order valence-electron chi connectivity index (χ0n) is 14.0. The van der Waals surface area contributed by atoms with Crippen LogP contribution < -0.4 is 10.9 Å². The van der Waals surface area contributed by atoms with E-state index < -0.39 is 5.82 Å². The molecule has 0 atom stereocenters. The Labute approximate surface area is 149 Å². The van der Waals surface area contributed by atoms with Gasteiger partial charge in [0.25, 0.3) is 5.56 Å². The summed E-state index contributed by atoms with van der Waals surface area (Å²) in [6, 6.07) is 7.61. The van der Waals surface area contributed by atoms with Crippen molar-refractivity contribution in [2.75, 3.05) is 5.32 Å². The molecule has 25 heavy (non-hydrogen) atoms. The Morgan fingerprint density at radius 2 is 2.00 bits per heavy atom. The Balaban J connectivity index is 2.07. The van der Waals surface area contributed by atoms with Gasteiger partial charge in [-0.15, -0.1) is 0 Å². The van der Waals surface area contributed by atoms with Crippen LogP contribution in [0, 0.1) is 5.82 Å². The summed E-state index contributed by atoms with van der Waals surface area (Å²) in [6.07, 6.45) is 3.32. The highest BCUT2D eigenvalue weighted by molar-refractivity contribution is 6.31. The van der Waals surface area contributed by atoms with Gasteiger partial charge in [-0.25, -0.2) is 9.37 Å². The Hall–Kier alpha value is -2.47. The van der Waals surface area contributed by atoms with E-state index in [1.165, 1.54) is 18.2 Å². The average molecular weight is 361 g/mol. The van der Waals surface area contributed by atoms with Gasteiger partial charge in [-0.1, -0.05) is 25.4 Å². The molecule has 0 aliphatic rings. The topological polar surface area (TPSA) is 59.8 Å². The number of fused-ring (bicyclic) bond motifs is 1. The summed E-state index contributed by atoms with van der Waals surface area (Å²) in [4.78, 5) is 21.1. The van der Waals surface area contributed by atoms with E-state index in [1.54, 1.807) is 22.9 Å². The van der Waals surface area contributed by atoms with Gasteiger partial charge in [0.15, 0.2) is 0 Å². The van der Waals surface area contributed by atoms with E-state index in [2.05, 4.69) is 15.3 Å². The quantitative estimate of drug-likeness (QED) is 0.717. The van der Waals surface area contributed by atoms with E-state index in [0.29, 0.717) is 17.3 Å². The van der Waals surface area contributed by atoms with Gasteiger partial charge in [-0.2, -0.15) is 4.98 Å². The molecule has 0 bridgehead atoms. The molecule has 0 aliphatic carbocycles. The van der Waals surface area contributed by atoms with Crippen LogP contribution in [0.1, 0.15) is 32.7 Å². The Morgan fingerprint density at radius 1 is 1.24 bits per heavy atom. The molecule has 0 spiro atoms. The largest absolute Gasteiger partial charge is 0.324 e. The summed E-state index contributed by atoms with van der Waals surface area (Å²) in [5.74, 6) is -0.172. The molecule has 5 nitrogen and oxygen atoms in total. The highest BCUT2D eigenvalue weighted by atomic mass is 35.5. The molecule has 0 saturated carbocycles. The van der Waals surface area contributed by atoms with Crippen molar-refractivity contribution in [1.29, 1.82) is 0 Å². The molecule has 0 unspecified atom stereocenters. The second-order valence-electron chi connectivity index (χ2n) is 5.74. The number of halogens is 2. The zero-order valence-corrected chi connectivity index (χ0v) is 14.7. The van der Waals surface area contributed by atoms with E-state index in [4.69, 9.17) is 11.6 Å². The third-order valence-corrected chi connectivity index (χ3v) is 4.44. The fourth-order valence-corrected chi connectivity index (χ4v) is 2.99. The van der Waals surface area contributed by atoms with Gasteiger partial charge in [0.05, 0.1) is 5.02 Å². The fourth-order valence-electron chi connectivity index (χ4n) is 2.81. The lowest BCUT2D eigenvalue weighted by molar-refractivity contribution is 0.470. The minimum Gasteiger partial charge on any atom is -0.324 e. The first kappa shape index (κ1) is 17.4. The van der Waals surface area contributed by atoms with Crippen molar-refractivity contribution < 1.29 is 4.39 Å². The van der Waals surface area contributed by atoms with Crippen molar-refractivity contribution in [2.24, 2.45) is 0 Å². The second kappa shape index (κ2) is 7.19. The number of benzene rings is 1. The molecule has 0 aliphatic heterocycles. The highest BCUT2D eigenvalue weighted by Gasteiger charge is 2.14. The number of aromatic nitrogens is 3. The number of pyridine rings is 1. The molecule has 0 saturated heterocycles. The van der Waals surface area contributed by atoms with Crippen LogP contribution >= 0.6 is 11.6 Å². The number of hydrogen-bond donors (Lipinski definition) is 1. The van der Waals surface area contributed by atoms with Crippen LogP contribution in [0.3, 0.4) is 0 Å². The molecule has 0 amide bonds. The first-order valence-corrected chi connectivity index (χ1v) is 8.51. The van der Waals surface area contributed by atoms with Crippen molar-refractivity contribution in [1.82, 2.24) is 14.5 Å². The molecule has 7 heteroatoms. The van der Waals surface area contributed by atoms with Crippen LogP contribution in [0.15, 0.2) is 41.3 Å². The SMILES string of the molecule is CCC(CC)n1c(=O)ccc2cnc(Nc3ccc(F)c(Cl)c3)nc21. The molecule has 3 aromatic rings. The maximum atomic E-state index is 13.3. The number of nitrogens with one attached hydrogen (secondary N) is 1. The number of hydrogen-bond acceptors (Lipinski definition) is 4. The lowest BCUT2D eigenvalue weighted by Crippen LogP contribution is -2.24. The van der Waals surface area contributed by atoms with Crippen molar-refractivity contribution in [3.05, 3.63) is 57.7 Å². The van der Waals surface area contributed by atoms with E-state index in [9.17, 15) is 9.18 Å². The van der Waals surface area contributed by atoms with Gasteiger partial charge in [0, 0.05) is 29.4 Å². The summed E-state index contributed by atoms with van der Waals surface area (Å²) < 4.78 is 15.0. The number of rotatable bonds is 5. The van der Waals surface area contributed by atoms with Crippen molar-refractivity contribution in [3.8, 4) is 0 Å². The summed E-state index contributed by atoms with van der Waals surface area (Å²) in [6.45, 7) is 4.08. The maximum Gasteiger partial charge on any atom is 0.252 e. The lowest BCUT2D eigenvalue weighted by atomic mass is 10.1. The molecule has 130 valence electrons. The molecule has 3 rings (SSSR count). The van der Waals surface area contributed by atoms with E-state index >= 15 is 0 Å². The van der Waals surface area contributed by atoms with Crippen LogP contribution in [0.2, 0.25) is 5.02 Å². The highest BCUT2D eigenvalue weighted by Crippen LogP contribution is 2.23. The molecule has 2 aromatic heterocycles. The standard InChI is InChI=1S/C18H18ClFN4O/c1-3-13(4-2)24-16(25)8-5-11-10-21-18(23-17(11)24)22-12-6-7-15(20)14(19)9-12/h5-10,13H,3-4H2,1-2H3,(H,21,22,23). The number of nitrogens with zero attached hydrogens (tertiary/aromatic N) is 3. The van der Waals surface area contributed by atoms with Crippen LogP contribution in [0.25, 0.3) is 11.0 Å². The van der Waals surface area contributed by atoms with E-state index in [0.717, 1.165) is 18.2 Å². The smallest absolute Gasteiger partial charge is 0.252 e. The molecule has 0 radical (unpaired) electrons. The minimum absolute atomic E-state index is 0.0136. The summed E-state index contributed by atoms with van der Waals surface area (Å²) >= 11 is 5.80. The van der Waals surface area contributed by atoms with Gasteiger partial charge in [-0.05, 0) is 37.1 Å². The molecular formula is C18H18ClFN4O. The Kier molecular flexibility index (Phi) is 4.99. The van der Waals surface area contributed by atoms with Gasteiger partial charge >= 0.3 is 0 Å². The van der Waals surface area contributed by atoms with Gasteiger partial charge in [-0.3, -0.25) is 9.36 Å². The summed E-state index contributed by atoms with van der Waals surface area (Å²) in [7, 11) is 0. The van der Waals surface area contributed by atoms with E-state index in [-0.39, 0.29) is 16.6 Å². The van der Waals surface area contributed by atoms with E-state index in [1.807, 2.05) is 13.8 Å². The average Bonchev–Trinajstić information content (AvgIpc) is 2.61. The third kappa shape index (κ3) is 3.49. The first-order chi connectivity index (χ1) is 12.0. The third-order valence-electron chi connectivity index (χ3n) is 4.15. The van der Waals surface area contributed by atoms with Gasteiger partial charge < -0.3 is 5.32 Å². The fraction of sp³-hybridized carbons (Fsp3) is 0.278. The normalized spacial score (nSPS) is 11.2. The molecule has 2 heterocycles. The van der Waals surface area contributed by atoms with Crippen LogP contribution in [-0.2, 0) is 0 Å². The van der Waals surface area contributed by atoms with Crippen LogP contribution in [0.5, 0.6) is 0 Å². The second-order valence-corrected chi connectivity index (χ2v) is 6.15. The Bertz CT molecular complexity index is 969. The first-order valence-electron chi connectivity index (χ1n) is 8.13. The molecule has 1 N–H and O–H groups in total. The van der Waals surface area contributed by atoms with Gasteiger partial charge in [0.1, 0.15) is 11.5 Å². The lowest BCUT2D eigenvalue weighted by Gasteiger charge is -2.18. The van der Waals surface area contributed by atoms with Crippen LogP contribution in [0.4, 0.5) is 16.0 Å². The Morgan fingerprint density at radius 3 is 2.68 bits per heavy atom. The van der Waals surface area contributed by atoms with Crippen molar-refractivity contribution >= 4 is 34.3 Å². The molecule has 0 fully saturated rings. The molecule has 1 aromatic carbocycles. The van der Waals surface area contributed by atoms with Gasteiger partial charge in [0.2, 0.25) is 5.95 Å². The molecular weight excluding hydrogens is 343 g/mol. The predicted octanol–water partition coefficient (Wildman–Crippen LogP) is 4.69. The monoisotopic (exact) mass is 360 g/mol. The minimum atomic E-state index is -0.491.